The van der Waals surface area contributed by atoms with Crippen molar-refractivity contribution in [2.24, 2.45) is 7.05 Å². The summed E-state index contributed by atoms with van der Waals surface area (Å²) in [5.41, 5.74) is 7.74. The monoisotopic (exact) mass is 298 g/mol. The van der Waals surface area contributed by atoms with E-state index in [0.717, 1.165) is 5.69 Å². The molecule has 0 atom stereocenters. The van der Waals surface area contributed by atoms with Crippen LogP contribution in [0.1, 0.15) is 5.69 Å². The summed E-state index contributed by atoms with van der Waals surface area (Å²) in [6.07, 6.45) is 0. The lowest BCUT2D eigenvalue weighted by Crippen LogP contribution is -2.21. The molecule has 0 aliphatic heterocycles. The predicted molar refractivity (Wildman–Crippen MR) is 83.3 cm³/mol. The number of hydrogen-bond donors (Lipinski definition) is 1. The molecule has 2 heterocycles. The molecular weight excluding hydrogens is 283 g/mol. The molecule has 6 heteroatoms. The maximum absolute atomic E-state index is 13.1. The zero-order valence-corrected chi connectivity index (χ0v) is 12.2. The SMILES string of the molecule is Cc1cccc(-n2c(=O)c(N)c(-c3ccc(F)cc3)n2C)n1. The first-order valence-electron chi connectivity index (χ1n) is 6.76. The summed E-state index contributed by atoms with van der Waals surface area (Å²) in [7, 11) is 1.72. The minimum atomic E-state index is -0.347. The Bertz CT molecular complexity index is 893. The van der Waals surface area contributed by atoms with E-state index in [0.29, 0.717) is 17.1 Å². The average Bonchev–Trinajstić information content (AvgIpc) is 2.71. The highest BCUT2D eigenvalue weighted by Crippen LogP contribution is 2.24. The molecule has 0 unspecified atom stereocenters. The number of aromatic nitrogens is 3. The topological polar surface area (TPSA) is 65.8 Å². The van der Waals surface area contributed by atoms with Gasteiger partial charge in [-0.15, -0.1) is 0 Å². The molecule has 3 rings (SSSR count). The molecular formula is C16H15FN4O. The van der Waals surface area contributed by atoms with Gasteiger partial charge in [-0.1, -0.05) is 6.07 Å². The third-order valence-electron chi connectivity index (χ3n) is 3.51. The van der Waals surface area contributed by atoms with Crippen molar-refractivity contribution >= 4 is 5.69 Å². The summed E-state index contributed by atoms with van der Waals surface area (Å²) in [6.45, 7) is 1.85. The summed E-state index contributed by atoms with van der Waals surface area (Å²) in [6, 6.07) is 11.3. The summed E-state index contributed by atoms with van der Waals surface area (Å²) in [5, 5.41) is 0. The van der Waals surface area contributed by atoms with E-state index in [1.807, 2.05) is 19.1 Å². The van der Waals surface area contributed by atoms with Crippen molar-refractivity contribution in [1.29, 1.82) is 0 Å². The van der Waals surface area contributed by atoms with Gasteiger partial charge in [-0.3, -0.25) is 9.48 Å². The highest BCUT2D eigenvalue weighted by atomic mass is 19.1. The Morgan fingerprint density at radius 3 is 2.45 bits per heavy atom. The Labute approximate surface area is 126 Å². The van der Waals surface area contributed by atoms with Crippen LogP contribution in [0.4, 0.5) is 10.1 Å². The number of benzene rings is 1. The fraction of sp³-hybridized carbons (Fsp3) is 0.125. The van der Waals surface area contributed by atoms with E-state index < -0.39 is 0 Å². The lowest BCUT2D eigenvalue weighted by molar-refractivity contribution is 0.626. The normalized spacial score (nSPS) is 10.9. The number of anilines is 1. The Morgan fingerprint density at radius 1 is 1.14 bits per heavy atom. The molecule has 2 aromatic heterocycles. The van der Waals surface area contributed by atoms with Gasteiger partial charge >= 0.3 is 0 Å². The van der Waals surface area contributed by atoms with E-state index in [-0.39, 0.29) is 17.1 Å². The highest BCUT2D eigenvalue weighted by molar-refractivity contribution is 5.73. The number of aryl methyl sites for hydroxylation is 1. The highest BCUT2D eigenvalue weighted by Gasteiger charge is 2.18. The number of halogens is 1. The molecule has 22 heavy (non-hydrogen) atoms. The van der Waals surface area contributed by atoms with Crippen molar-refractivity contribution in [2.75, 3.05) is 5.73 Å². The second-order valence-electron chi connectivity index (χ2n) is 5.05. The van der Waals surface area contributed by atoms with Crippen LogP contribution in [0.25, 0.3) is 17.1 Å². The van der Waals surface area contributed by atoms with Gasteiger partial charge in [0.1, 0.15) is 11.5 Å². The molecule has 0 saturated heterocycles. The molecule has 0 aliphatic rings. The Balaban J connectivity index is 2.25. The number of nitrogens with zero attached hydrogens (tertiary/aromatic N) is 3. The van der Waals surface area contributed by atoms with E-state index in [2.05, 4.69) is 4.98 Å². The van der Waals surface area contributed by atoms with Gasteiger partial charge in [0.15, 0.2) is 5.82 Å². The third-order valence-corrected chi connectivity index (χ3v) is 3.51. The predicted octanol–water partition coefficient (Wildman–Crippen LogP) is 2.27. The fourth-order valence-electron chi connectivity index (χ4n) is 2.48. The molecule has 2 N–H and O–H groups in total. The molecule has 0 radical (unpaired) electrons. The number of hydrogen-bond acceptors (Lipinski definition) is 3. The van der Waals surface area contributed by atoms with Crippen molar-refractivity contribution in [2.45, 2.75) is 6.92 Å². The van der Waals surface area contributed by atoms with Gasteiger partial charge in [-0.2, -0.15) is 4.68 Å². The smallest absolute Gasteiger partial charge is 0.296 e. The molecule has 5 nitrogen and oxygen atoms in total. The molecule has 112 valence electrons. The van der Waals surface area contributed by atoms with Gasteiger partial charge in [0.2, 0.25) is 0 Å². The van der Waals surface area contributed by atoms with Crippen LogP contribution in [0.3, 0.4) is 0 Å². The van der Waals surface area contributed by atoms with Gasteiger partial charge in [0.25, 0.3) is 5.56 Å². The van der Waals surface area contributed by atoms with Crippen LogP contribution in [0.15, 0.2) is 47.3 Å². The maximum Gasteiger partial charge on any atom is 0.296 e. The largest absolute Gasteiger partial charge is 0.392 e. The fourth-order valence-corrected chi connectivity index (χ4v) is 2.48. The van der Waals surface area contributed by atoms with Crippen molar-refractivity contribution in [3.05, 3.63) is 64.3 Å². The van der Waals surface area contributed by atoms with Gasteiger partial charge in [0, 0.05) is 18.3 Å². The quantitative estimate of drug-likeness (QED) is 0.789. The van der Waals surface area contributed by atoms with Gasteiger partial charge < -0.3 is 5.73 Å². The Morgan fingerprint density at radius 2 is 1.82 bits per heavy atom. The van der Waals surface area contributed by atoms with Crippen LogP contribution in [-0.4, -0.2) is 14.3 Å². The van der Waals surface area contributed by atoms with Crippen molar-refractivity contribution in [1.82, 2.24) is 14.3 Å². The van der Waals surface area contributed by atoms with E-state index in [9.17, 15) is 9.18 Å². The van der Waals surface area contributed by atoms with Crippen molar-refractivity contribution < 1.29 is 4.39 Å². The number of nitrogens with two attached hydrogens (primary N) is 1. The minimum Gasteiger partial charge on any atom is -0.392 e. The van der Waals surface area contributed by atoms with E-state index in [1.54, 1.807) is 29.9 Å². The Hall–Kier alpha value is -2.89. The molecule has 3 aromatic rings. The van der Waals surface area contributed by atoms with Gasteiger partial charge in [-0.25, -0.2) is 9.37 Å². The first-order valence-corrected chi connectivity index (χ1v) is 6.76. The second-order valence-corrected chi connectivity index (χ2v) is 5.05. The summed E-state index contributed by atoms with van der Waals surface area (Å²) in [5.74, 6) is 0.152. The number of pyridine rings is 1. The molecule has 0 fully saturated rings. The first kappa shape index (κ1) is 14.1. The minimum absolute atomic E-state index is 0.109. The van der Waals surface area contributed by atoms with Crippen LogP contribution in [0, 0.1) is 12.7 Å². The van der Waals surface area contributed by atoms with Crippen LogP contribution in [0.2, 0.25) is 0 Å². The van der Waals surface area contributed by atoms with Crippen molar-refractivity contribution in [3.63, 3.8) is 0 Å². The first-order chi connectivity index (χ1) is 10.5. The van der Waals surface area contributed by atoms with Crippen LogP contribution in [-0.2, 0) is 7.05 Å². The van der Waals surface area contributed by atoms with Crippen molar-refractivity contribution in [3.8, 4) is 17.1 Å². The third kappa shape index (κ3) is 2.18. The van der Waals surface area contributed by atoms with E-state index in [1.165, 1.54) is 16.8 Å². The Kier molecular flexibility index (Phi) is 3.29. The summed E-state index contributed by atoms with van der Waals surface area (Å²) >= 11 is 0. The maximum atomic E-state index is 13.1. The standard InChI is InChI=1S/C16H15FN4O/c1-10-4-3-5-13(19-10)21-16(22)14(18)15(20(21)2)11-6-8-12(17)9-7-11/h3-9H,18H2,1-2H3. The number of nitrogen functional groups attached to an aromatic ring is 1. The van der Waals surface area contributed by atoms with Gasteiger partial charge in [0.05, 0.1) is 5.69 Å². The van der Waals surface area contributed by atoms with E-state index in [4.69, 9.17) is 5.73 Å². The van der Waals surface area contributed by atoms with Crippen LogP contribution in [0.5, 0.6) is 0 Å². The van der Waals surface area contributed by atoms with Crippen LogP contribution < -0.4 is 11.3 Å². The number of rotatable bonds is 2. The summed E-state index contributed by atoms with van der Waals surface area (Å²) in [4.78, 5) is 16.8. The molecule has 0 aliphatic carbocycles. The lowest BCUT2D eigenvalue weighted by Gasteiger charge is -2.09. The molecule has 0 amide bonds. The zero-order valence-electron chi connectivity index (χ0n) is 12.2. The molecule has 0 spiro atoms. The van der Waals surface area contributed by atoms with Gasteiger partial charge in [-0.05, 0) is 43.3 Å². The zero-order chi connectivity index (χ0) is 15.9. The molecule has 1 aromatic carbocycles. The molecule has 0 bridgehead atoms. The summed E-state index contributed by atoms with van der Waals surface area (Å²) < 4.78 is 16.1. The average molecular weight is 298 g/mol. The second kappa shape index (κ2) is 5.14. The lowest BCUT2D eigenvalue weighted by atomic mass is 10.1. The van der Waals surface area contributed by atoms with Crippen LogP contribution >= 0.6 is 0 Å². The molecule has 0 saturated carbocycles. The van der Waals surface area contributed by atoms with E-state index >= 15 is 0 Å².